The summed E-state index contributed by atoms with van der Waals surface area (Å²) in [4.78, 5) is 25.7. The fourth-order valence-corrected chi connectivity index (χ4v) is 2.65. The lowest BCUT2D eigenvalue weighted by Crippen LogP contribution is -2.49. The lowest BCUT2D eigenvalue weighted by Gasteiger charge is -2.27. The van der Waals surface area contributed by atoms with Gasteiger partial charge in [-0.05, 0) is 26.1 Å². The predicted molar refractivity (Wildman–Crippen MR) is 82.3 cm³/mol. The van der Waals surface area contributed by atoms with Gasteiger partial charge in [-0.15, -0.1) is 0 Å². The average Bonchev–Trinajstić information content (AvgIpc) is 2.92. The van der Waals surface area contributed by atoms with Gasteiger partial charge in [-0.3, -0.25) is 9.59 Å². The summed E-state index contributed by atoms with van der Waals surface area (Å²) in [6, 6.07) is 4.79. The maximum atomic E-state index is 13.7. The second kappa shape index (κ2) is 7.50. The van der Waals surface area contributed by atoms with Crippen molar-refractivity contribution < 1.29 is 18.4 Å². The molecule has 0 aliphatic carbocycles. The van der Waals surface area contributed by atoms with Gasteiger partial charge < -0.3 is 15.5 Å². The van der Waals surface area contributed by atoms with Gasteiger partial charge in [0.15, 0.2) is 0 Å². The van der Waals surface area contributed by atoms with Crippen LogP contribution in [0.2, 0.25) is 0 Å². The van der Waals surface area contributed by atoms with E-state index < -0.39 is 30.0 Å². The van der Waals surface area contributed by atoms with E-state index in [1.54, 1.807) is 20.0 Å². The number of likely N-dealkylation sites (N-methyl/N-ethyl adjacent to an activating group) is 1. The first-order valence-corrected chi connectivity index (χ1v) is 7.58. The highest BCUT2D eigenvalue weighted by Gasteiger charge is 2.36. The highest BCUT2D eigenvalue weighted by molar-refractivity contribution is 5.94. The number of rotatable bonds is 5. The first-order valence-electron chi connectivity index (χ1n) is 7.58. The van der Waals surface area contributed by atoms with Gasteiger partial charge in [0.25, 0.3) is 5.91 Å². The number of carbonyl (C=O) groups excluding carboxylic acids is 2. The topological polar surface area (TPSA) is 61.4 Å². The van der Waals surface area contributed by atoms with E-state index >= 15 is 0 Å². The van der Waals surface area contributed by atoms with Gasteiger partial charge in [0.2, 0.25) is 5.91 Å². The van der Waals surface area contributed by atoms with Crippen LogP contribution in [0, 0.1) is 5.82 Å². The van der Waals surface area contributed by atoms with Crippen LogP contribution < -0.4 is 10.6 Å². The molecule has 0 saturated carbocycles. The van der Waals surface area contributed by atoms with Crippen molar-refractivity contribution in [2.75, 3.05) is 20.1 Å². The van der Waals surface area contributed by atoms with Gasteiger partial charge in [0, 0.05) is 13.0 Å². The molecule has 23 heavy (non-hydrogen) atoms. The van der Waals surface area contributed by atoms with Crippen LogP contribution in [0.5, 0.6) is 0 Å². The zero-order chi connectivity index (χ0) is 17.0. The number of nitrogens with one attached hydrogen (secondary N) is 2. The van der Waals surface area contributed by atoms with E-state index in [9.17, 15) is 18.4 Å². The predicted octanol–water partition coefficient (Wildman–Crippen LogP) is 1.10. The molecule has 2 N–H and O–H groups in total. The molecule has 3 atom stereocenters. The van der Waals surface area contributed by atoms with Crippen LogP contribution >= 0.6 is 0 Å². The van der Waals surface area contributed by atoms with Crippen molar-refractivity contribution in [1.29, 1.82) is 0 Å². The smallest absolute Gasteiger partial charge is 0.254 e. The summed E-state index contributed by atoms with van der Waals surface area (Å²) in [5.41, 5.74) is -0.0660. The summed E-state index contributed by atoms with van der Waals surface area (Å²) in [5, 5.41) is 5.41. The summed E-state index contributed by atoms with van der Waals surface area (Å²) >= 11 is 0. The molecule has 1 aliphatic heterocycles. The Kier molecular flexibility index (Phi) is 5.65. The molecule has 1 aromatic carbocycles. The number of halogens is 2. The van der Waals surface area contributed by atoms with Gasteiger partial charge in [-0.1, -0.05) is 12.1 Å². The summed E-state index contributed by atoms with van der Waals surface area (Å²) in [6.07, 6.45) is -0.946. The molecular weight excluding hydrogens is 304 g/mol. The number of amides is 2. The molecule has 5 nitrogen and oxygen atoms in total. The first kappa shape index (κ1) is 17.3. The zero-order valence-corrected chi connectivity index (χ0v) is 13.2. The molecule has 1 aromatic rings. The van der Waals surface area contributed by atoms with Crippen molar-refractivity contribution in [2.24, 2.45) is 0 Å². The van der Waals surface area contributed by atoms with Gasteiger partial charge in [-0.25, -0.2) is 8.78 Å². The normalized spacial score (nSPS) is 22.0. The second-order valence-electron chi connectivity index (χ2n) is 5.68. The second-order valence-corrected chi connectivity index (χ2v) is 5.68. The number of carbonyl (C=O) groups is 2. The molecule has 0 radical (unpaired) electrons. The highest BCUT2D eigenvalue weighted by atomic mass is 19.1. The Labute approximate surface area is 134 Å². The van der Waals surface area contributed by atoms with Crippen molar-refractivity contribution in [3.05, 3.63) is 35.6 Å². The molecule has 1 heterocycles. The van der Waals surface area contributed by atoms with Gasteiger partial charge in [0.1, 0.15) is 12.0 Å². The molecule has 7 heteroatoms. The Morgan fingerprint density at radius 2 is 2.09 bits per heavy atom. The number of alkyl halides is 1. The Morgan fingerprint density at radius 3 is 2.74 bits per heavy atom. The first-order chi connectivity index (χ1) is 10.9. The molecule has 2 amide bonds. The van der Waals surface area contributed by atoms with Crippen LogP contribution in [0.25, 0.3) is 0 Å². The third-order valence-electron chi connectivity index (χ3n) is 4.07. The fourth-order valence-electron chi connectivity index (χ4n) is 2.65. The molecule has 0 aromatic heterocycles. The van der Waals surface area contributed by atoms with Crippen LogP contribution in [0.3, 0.4) is 0 Å². The van der Waals surface area contributed by atoms with E-state index in [-0.39, 0.29) is 31.0 Å². The van der Waals surface area contributed by atoms with Crippen molar-refractivity contribution in [3.63, 3.8) is 0 Å². The van der Waals surface area contributed by atoms with E-state index in [4.69, 9.17) is 0 Å². The maximum absolute atomic E-state index is 13.7. The summed E-state index contributed by atoms with van der Waals surface area (Å²) in [5.74, 6) is -1.39. The van der Waals surface area contributed by atoms with Crippen LogP contribution in [-0.2, 0) is 4.79 Å². The molecule has 1 saturated heterocycles. The van der Waals surface area contributed by atoms with Crippen molar-refractivity contribution >= 4 is 11.8 Å². The largest absolute Gasteiger partial charge is 0.350 e. The average molecular weight is 325 g/mol. The van der Waals surface area contributed by atoms with Gasteiger partial charge >= 0.3 is 0 Å². The Balaban J connectivity index is 1.99. The minimum atomic E-state index is -1.11. The lowest BCUT2D eigenvalue weighted by molar-refractivity contribution is -0.133. The van der Waals surface area contributed by atoms with Crippen molar-refractivity contribution in [3.8, 4) is 0 Å². The van der Waals surface area contributed by atoms with E-state index in [0.29, 0.717) is 0 Å². The Morgan fingerprint density at radius 1 is 1.39 bits per heavy atom. The molecular formula is C16H21F2N3O2. The van der Waals surface area contributed by atoms with E-state index in [0.717, 1.165) is 0 Å². The number of likely N-dealkylation sites (tertiary alicyclic amines) is 1. The standard InChI is InChI=1S/C16H21F2N3O2/c1-10(19-2)16(23)21-9-11(17)7-12(21)8-20-15(22)13-5-3-4-6-14(13)18/h3-6,10-12,19H,7-9H2,1-2H3,(H,20,22). The third-order valence-corrected chi connectivity index (χ3v) is 4.07. The molecule has 3 unspecified atom stereocenters. The summed E-state index contributed by atoms with van der Waals surface area (Å²) in [7, 11) is 1.65. The van der Waals surface area contributed by atoms with Crippen LogP contribution in [0.1, 0.15) is 23.7 Å². The minimum Gasteiger partial charge on any atom is -0.350 e. The maximum Gasteiger partial charge on any atom is 0.254 e. The van der Waals surface area contributed by atoms with E-state index in [1.807, 2.05) is 0 Å². The lowest BCUT2D eigenvalue weighted by atomic mass is 10.1. The molecule has 0 bridgehead atoms. The summed E-state index contributed by atoms with van der Waals surface area (Å²) < 4.78 is 27.2. The summed E-state index contributed by atoms with van der Waals surface area (Å²) in [6.45, 7) is 1.81. The third kappa shape index (κ3) is 4.04. The number of hydrogen-bond acceptors (Lipinski definition) is 3. The molecule has 2 rings (SSSR count). The number of hydrogen-bond donors (Lipinski definition) is 2. The van der Waals surface area contributed by atoms with E-state index in [1.165, 1.54) is 23.1 Å². The zero-order valence-electron chi connectivity index (χ0n) is 13.2. The van der Waals surface area contributed by atoms with Crippen LogP contribution in [0.15, 0.2) is 24.3 Å². The van der Waals surface area contributed by atoms with Gasteiger partial charge in [-0.2, -0.15) is 0 Å². The SMILES string of the molecule is CNC(C)C(=O)N1CC(F)CC1CNC(=O)c1ccccc1F. The monoisotopic (exact) mass is 325 g/mol. The van der Waals surface area contributed by atoms with Crippen molar-refractivity contribution in [1.82, 2.24) is 15.5 Å². The highest BCUT2D eigenvalue weighted by Crippen LogP contribution is 2.21. The van der Waals surface area contributed by atoms with Crippen LogP contribution in [0.4, 0.5) is 8.78 Å². The minimum absolute atomic E-state index is 0.0189. The number of benzene rings is 1. The van der Waals surface area contributed by atoms with Crippen molar-refractivity contribution in [2.45, 2.75) is 31.6 Å². The van der Waals surface area contributed by atoms with Crippen LogP contribution in [-0.4, -0.2) is 55.1 Å². The Hall–Kier alpha value is -2.02. The Bertz CT molecular complexity index is 582. The number of nitrogens with zero attached hydrogens (tertiary/aromatic N) is 1. The quantitative estimate of drug-likeness (QED) is 0.852. The molecule has 1 aliphatic rings. The van der Waals surface area contributed by atoms with E-state index in [2.05, 4.69) is 10.6 Å². The fraction of sp³-hybridized carbons (Fsp3) is 0.500. The van der Waals surface area contributed by atoms with Gasteiger partial charge in [0.05, 0.1) is 24.2 Å². The molecule has 126 valence electrons. The molecule has 0 spiro atoms. The molecule has 1 fully saturated rings.